The Morgan fingerprint density at radius 3 is 2.95 bits per heavy atom. The van der Waals surface area contributed by atoms with Crippen molar-refractivity contribution in [3.63, 3.8) is 0 Å². The molecule has 1 saturated heterocycles. The molecule has 6 nitrogen and oxygen atoms in total. The summed E-state index contributed by atoms with van der Waals surface area (Å²) >= 11 is 0. The second-order valence-electron chi connectivity index (χ2n) is 5.28. The number of ether oxygens (including phenoxy) is 1. The Hall–Kier alpha value is -2.63. The van der Waals surface area contributed by atoms with Gasteiger partial charge in [-0.05, 0) is 30.7 Å². The van der Waals surface area contributed by atoms with Gasteiger partial charge in [-0.3, -0.25) is 9.97 Å². The second-order valence-corrected chi connectivity index (χ2v) is 5.28. The Morgan fingerprint density at radius 2 is 2.18 bits per heavy atom. The standard InChI is InChI=1S/C16H18N4O2/c1-12-4-7-18-10-15(12)19-16(21)20-8-5-14(11-20)22-13-3-2-6-17-9-13/h2-4,6-7,9-10,14H,5,8,11H2,1H3,(H,19,21). The number of nitrogens with one attached hydrogen (secondary N) is 1. The Morgan fingerprint density at radius 1 is 1.32 bits per heavy atom. The van der Waals surface area contributed by atoms with Crippen LogP contribution in [0, 0.1) is 6.92 Å². The molecule has 2 aromatic rings. The smallest absolute Gasteiger partial charge is 0.322 e. The van der Waals surface area contributed by atoms with E-state index in [9.17, 15) is 4.79 Å². The van der Waals surface area contributed by atoms with Crippen LogP contribution >= 0.6 is 0 Å². The number of carbonyl (C=O) groups excluding carboxylic acids is 1. The Balaban J connectivity index is 1.56. The number of likely N-dealkylation sites (tertiary alicyclic amines) is 1. The first-order valence-corrected chi connectivity index (χ1v) is 7.25. The maximum Gasteiger partial charge on any atom is 0.322 e. The van der Waals surface area contributed by atoms with Crippen LogP contribution in [0.3, 0.4) is 0 Å². The van der Waals surface area contributed by atoms with E-state index in [2.05, 4.69) is 15.3 Å². The van der Waals surface area contributed by atoms with Crippen LogP contribution < -0.4 is 10.1 Å². The lowest BCUT2D eigenvalue weighted by Gasteiger charge is -2.18. The molecule has 1 unspecified atom stereocenters. The van der Waals surface area contributed by atoms with Gasteiger partial charge in [-0.25, -0.2) is 4.79 Å². The van der Waals surface area contributed by atoms with Crippen LogP contribution in [-0.2, 0) is 0 Å². The zero-order valence-electron chi connectivity index (χ0n) is 12.4. The number of aromatic nitrogens is 2. The number of urea groups is 1. The predicted molar refractivity (Wildman–Crippen MR) is 82.8 cm³/mol. The molecule has 1 aliphatic rings. The summed E-state index contributed by atoms with van der Waals surface area (Å²) in [6.07, 6.45) is 7.57. The summed E-state index contributed by atoms with van der Waals surface area (Å²) in [5.41, 5.74) is 1.73. The monoisotopic (exact) mass is 298 g/mol. The fourth-order valence-corrected chi connectivity index (χ4v) is 2.41. The quantitative estimate of drug-likeness (QED) is 0.945. The van der Waals surface area contributed by atoms with Crippen molar-refractivity contribution in [2.24, 2.45) is 0 Å². The summed E-state index contributed by atoms with van der Waals surface area (Å²) in [6, 6.07) is 5.45. The van der Waals surface area contributed by atoms with Crippen LogP contribution in [0.2, 0.25) is 0 Å². The zero-order valence-corrected chi connectivity index (χ0v) is 12.4. The van der Waals surface area contributed by atoms with Gasteiger partial charge in [0, 0.05) is 25.4 Å². The summed E-state index contributed by atoms with van der Waals surface area (Å²) in [5, 5.41) is 2.89. The molecule has 114 valence electrons. The molecule has 2 amide bonds. The first-order valence-electron chi connectivity index (χ1n) is 7.25. The highest BCUT2D eigenvalue weighted by molar-refractivity contribution is 5.90. The molecule has 1 N–H and O–H groups in total. The van der Waals surface area contributed by atoms with Gasteiger partial charge in [-0.2, -0.15) is 0 Å². The number of pyridine rings is 2. The van der Waals surface area contributed by atoms with E-state index in [-0.39, 0.29) is 12.1 Å². The number of anilines is 1. The van der Waals surface area contributed by atoms with E-state index in [1.807, 2.05) is 25.1 Å². The van der Waals surface area contributed by atoms with Crippen molar-refractivity contribution in [1.82, 2.24) is 14.9 Å². The number of hydrogen-bond donors (Lipinski definition) is 1. The first kappa shape index (κ1) is 14.3. The van der Waals surface area contributed by atoms with Gasteiger partial charge in [0.2, 0.25) is 0 Å². The maximum atomic E-state index is 12.3. The van der Waals surface area contributed by atoms with Crippen molar-refractivity contribution < 1.29 is 9.53 Å². The van der Waals surface area contributed by atoms with Crippen LogP contribution in [-0.4, -0.2) is 40.1 Å². The zero-order chi connectivity index (χ0) is 15.4. The minimum atomic E-state index is -0.117. The Bertz CT molecular complexity index is 648. The summed E-state index contributed by atoms with van der Waals surface area (Å²) in [7, 11) is 0. The van der Waals surface area contributed by atoms with Crippen molar-refractivity contribution in [1.29, 1.82) is 0 Å². The number of aryl methyl sites for hydroxylation is 1. The molecule has 22 heavy (non-hydrogen) atoms. The van der Waals surface area contributed by atoms with Crippen LogP contribution in [0.25, 0.3) is 0 Å². The maximum absolute atomic E-state index is 12.3. The van der Waals surface area contributed by atoms with Gasteiger partial charge in [0.05, 0.1) is 24.6 Å². The van der Waals surface area contributed by atoms with Crippen LogP contribution in [0.1, 0.15) is 12.0 Å². The highest BCUT2D eigenvalue weighted by Crippen LogP contribution is 2.19. The number of carbonyl (C=O) groups is 1. The molecule has 0 bridgehead atoms. The highest BCUT2D eigenvalue weighted by atomic mass is 16.5. The first-order chi connectivity index (χ1) is 10.7. The Labute approximate surface area is 129 Å². The molecule has 1 atom stereocenters. The van der Waals surface area contributed by atoms with Gasteiger partial charge in [-0.15, -0.1) is 0 Å². The number of rotatable bonds is 3. The van der Waals surface area contributed by atoms with E-state index < -0.39 is 0 Å². The molecule has 6 heteroatoms. The summed E-state index contributed by atoms with van der Waals surface area (Å²) < 4.78 is 5.83. The van der Waals surface area contributed by atoms with E-state index in [1.165, 1.54) is 0 Å². The lowest BCUT2D eigenvalue weighted by molar-refractivity contribution is 0.194. The lowest BCUT2D eigenvalue weighted by atomic mass is 10.2. The van der Waals surface area contributed by atoms with Crippen molar-refractivity contribution in [2.45, 2.75) is 19.4 Å². The van der Waals surface area contributed by atoms with Gasteiger partial charge < -0.3 is 15.0 Å². The predicted octanol–water partition coefficient (Wildman–Crippen LogP) is 2.47. The van der Waals surface area contributed by atoms with Crippen LogP contribution in [0.15, 0.2) is 43.0 Å². The topological polar surface area (TPSA) is 67.4 Å². The van der Waals surface area contributed by atoms with E-state index >= 15 is 0 Å². The highest BCUT2D eigenvalue weighted by Gasteiger charge is 2.27. The molecule has 0 aromatic carbocycles. The Kier molecular flexibility index (Phi) is 4.18. The van der Waals surface area contributed by atoms with E-state index in [0.717, 1.165) is 23.4 Å². The molecule has 1 fully saturated rings. The SMILES string of the molecule is Cc1ccncc1NC(=O)N1CCC(Oc2cccnc2)C1. The lowest BCUT2D eigenvalue weighted by Crippen LogP contribution is -2.34. The molecular formula is C16H18N4O2. The molecule has 1 aliphatic heterocycles. The fourth-order valence-electron chi connectivity index (χ4n) is 2.41. The van der Waals surface area contributed by atoms with E-state index in [4.69, 9.17) is 4.74 Å². The third-order valence-electron chi connectivity index (χ3n) is 3.65. The largest absolute Gasteiger partial charge is 0.487 e. The molecule has 3 rings (SSSR count). The third kappa shape index (κ3) is 3.33. The normalized spacial score (nSPS) is 17.3. The molecule has 0 radical (unpaired) electrons. The van der Waals surface area contributed by atoms with E-state index in [0.29, 0.717) is 13.1 Å². The van der Waals surface area contributed by atoms with Crippen molar-refractivity contribution in [3.8, 4) is 5.75 Å². The minimum Gasteiger partial charge on any atom is -0.487 e. The van der Waals surface area contributed by atoms with Crippen molar-refractivity contribution in [3.05, 3.63) is 48.5 Å². The molecular weight excluding hydrogens is 280 g/mol. The van der Waals surface area contributed by atoms with Gasteiger partial charge in [0.15, 0.2) is 0 Å². The molecule has 0 spiro atoms. The third-order valence-corrected chi connectivity index (χ3v) is 3.65. The molecule has 3 heterocycles. The van der Waals surface area contributed by atoms with Crippen molar-refractivity contribution in [2.75, 3.05) is 18.4 Å². The number of nitrogens with zero attached hydrogens (tertiary/aromatic N) is 3. The average molecular weight is 298 g/mol. The van der Waals surface area contributed by atoms with Crippen molar-refractivity contribution >= 4 is 11.7 Å². The van der Waals surface area contributed by atoms with E-state index in [1.54, 1.807) is 29.7 Å². The molecule has 2 aromatic heterocycles. The van der Waals surface area contributed by atoms with Gasteiger partial charge in [-0.1, -0.05) is 0 Å². The summed E-state index contributed by atoms with van der Waals surface area (Å²) in [4.78, 5) is 22.1. The van der Waals surface area contributed by atoms with Gasteiger partial charge in [0.1, 0.15) is 11.9 Å². The average Bonchev–Trinajstić information content (AvgIpc) is 2.99. The van der Waals surface area contributed by atoms with Crippen LogP contribution in [0.4, 0.5) is 10.5 Å². The summed E-state index contributed by atoms with van der Waals surface area (Å²) in [5.74, 6) is 0.734. The van der Waals surface area contributed by atoms with Crippen LogP contribution in [0.5, 0.6) is 5.75 Å². The fraction of sp³-hybridized carbons (Fsp3) is 0.312. The van der Waals surface area contributed by atoms with Gasteiger partial charge in [0.25, 0.3) is 0 Å². The second kappa shape index (κ2) is 6.43. The number of hydrogen-bond acceptors (Lipinski definition) is 4. The molecule has 0 saturated carbocycles. The molecule has 0 aliphatic carbocycles. The number of amides is 2. The minimum absolute atomic E-state index is 0.00458. The van der Waals surface area contributed by atoms with Gasteiger partial charge >= 0.3 is 6.03 Å². The summed E-state index contributed by atoms with van der Waals surface area (Å²) in [6.45, 7) is 3.19.